The van der Waals surface area contributed by atoms with Gasteiger partial charge in [-0.25, -0.2) is 0 Å². The summed E-state index contributed by atoms with van der Waals surface area (Å²) in [6.07, 6.45) is -8.53. The summed E-state index contributed by atoms with van der Waals surface area (Å²) < 4.78 is 80.2. The van der Waals surface area contributed by atoms with Crippen LogP contribution < -0.4 is 0 Å². The molecule has 0 saturated carbocycles. The zero-order valence-electron chi connectivity index (χ0n) is 19.4. The molecule has 0 aromatic heterocycles. The molecule has 182 valence electrons. The van der Waals surface area contributed by atoms with Crippen molar-refractivity contribution in [3.05, 3.63) is 99.1 Å². The van der Waals surface area contributed by atoms with Crippen LogP contribution >= 0.6 is 11.8 Å². The molecule has 0 nitrogen and oxygen atoms in total. The van der Waals surface area contributed by atoms with E-state index in [1.807, 2.05) is 45.9 Å². The number of alkyl halides is 6. The summed E-state index contributed by atoms with van der Waals surface area (Å²) in [6, 6.07) is 13.9. The molecule has 3 aromatic rings. The van der Waals surface area contributed by atoms with E-state index in [4.69, 9.17) is 0 Å². The first-order valence-electron chi connectivity index (χ1n) is 10.8. The topological polar surface area (TPSA) is 0 Å². The summed E-state index contributed by atoms with van der Waals surface area (Å²) >= 11 is 1.05. The molecular weight excluding hydrogens is 470 g/mol. The Morgan fingerprint density at radius 3 is 1.50 bits per heavy atom. The van der Waals surface area contributed by atoms with E-state index >= 15 is 0 Å². The van der Waals surface area contributed by atoms with Gasteiger partial charge in [0.2, 0.25) is 0 Å². The van der Waals surface area contributed by atoms with Crippen LogP contribution in [0, 0.1) is 27.7 Å². The van der Waals surface area contributed by atoms with Gasteiger partial charge in [0.1, 0.15) is 0 Å². The molecule has 0 amide bonds. The molecular formula is C27H26F6S. The van der Waals surface area contributed by atoms with Gasteiger partial charge in [0.15, 0.2) is 0 Å². The quantitative estimate of drug-likeness (QED) is 0.242. The Bertz CT molecular complexity index is 1090. The molecule has 1 atom stereocenters. The maximum atomic E-state index is 13.4. The Labute approximate surface area is 200 Å². The number of rotatable bonds is 6. The molecule has 34 heavy (non-hydrogen) atoms. The smallest absolute Gasteiger partial charge is 0.166 e. The lowest BCUT2D eigenvalue weighted by Gasteiger charge is -2.21. The fourth-order valence-corrected chi connectivity index (χ4v) is 5.39. The Morgan fingerprint density at radius 2 is 1.06 bits per heavy atom. The summed E-state index contributed by atoms with van der Waals surface area (Å²) in [4.78, 5) is -0.0493. The molecule has 3 aromatic carbocycles. The van der Waals surface area contributed by atoms with E-state index in [0.717, 1.165) is 57.3 Å². The first-order valence-corrected chi connectivity index (χ1v) is 11.7. The molecule has 1 unspecified atom stereocenters. The third-order valence-electron chi connectivity index (χ3n) is 5.43. The molecule has 0 spiro atoms. The lowest BCUT2D eigenvalue weighted by atomic mass is 9.98. The van der Waals surface area contributed by atoms with E-state index in [1.165, 1.54) is 0 Å². The van der Waals surface area contributed by atoms with Crippen molar-refractivity contribution in [3.63, 3.8) is 0 Å². The number of hydrogen-bond donors (Lipinski definition) is 0. The fraction of sp³-hybridized carbons (Fsp3) is 0.333. The molecule has 0 N–H and O–H groups in total. The molecule has 0 radical (unpaired) electrons. The number of benzene rings is 3. The average Bonchev–Trinajstić information content (AvgIpc) is 2.68. The van der Waals surface area contributed by atoms with Gasteiger partial charge >= 0.3 is 12.4 Å². The van der Waals surface area contributed by atoms with Gasteiger partial charge in [0.25, 0.3) is 0 Å². The van der Waals surface area contributed by atoms with Gasteiger partial charge in [-0.15, -0.1) is 11.8 Å². The maximum Gasteiger partial charge on any atom is 0.416 e. The second kappa shape index (κ2) is 10.1. The Balaban J connectivity index is 2.01. The summed E-state index contributed by atoms with van der Waals surface area (Å²) in [5, 5.41) is -0.316. The third-order valence-corrected chi connectivity index (χ3v) is 6.73. The van der Waals surface area contributed by atoms with Crippen LogP contribution in [0.15, 0.2) is 59.5 Å². The van der Waals surface area contributed by atoms with Gasteiger partial charge < -0.3 is 0 Å². The number of aryl methyl sites for hydroxylation is 5. The zero-order valence-corrected chi connectivity index (χ0v) is 20.2. The van der Waals surface area contributed by atoms with Gasteiger partial charge in [-0.2, -0.15) is 26.3 Å². The highest BCUT2D eigenvalue weighted by atomic mass is 32.2. The third kappa shape index (κ3) is 7.05. The first kappa shape index (κ1) is 26.2. The molecule has 0 bridgehead atoms. The number of halogens is 6. The minimum atomic E-state index is -4.87. The fourth-order valence-electron chi connectivity index (χ4n) is 4.16. The van der Waals surface area contributed by atoms with Crippen molar-refractivity contribution < 1.29 is 26.3 Å². The second-order valence-corrected chi connectivity index (χ2v) is 10.1. The lowest BCUT2D eigenvalue weighted by molar-refractivity contribution is -0.143. The highest BCUT2D eigenvalue weighted by Crippen LogP contribution is 2.44. The zero-order chi connectivity index (χ0) is 25.3. The molecule has 0 saturated heterocycles. The minimum Gasteiger partial charge on any atom is -0.166 e. The van der Waals surface area contributed by atoms with Crippen molar-refractivity contribution in [1.29, 1.82) is 0 Å². The Hall–Kier alpha value is -2.41. The highest BCUT2D eigenvalue weighted by molar-refractivity contribution is 7.99. The van der Waals surface area contributed by atoms with E-state index in [9.17, 15) is 26.3 Å². The van der Waals surface area contributed by atoms with Crippen molar-refractivity contribution in [3.8, 4) is 0 Å². The van der Waals surface area contributed by atoms with E-state index in [1.54, 1.807) is 0 Å². The van der Waals surface area contributed by atoms with Crippen LogP contribution in [0.4, 0.5) is 26.3 Å². The van der Waals surface area contributed by atoms with Gasteiger partial charge in [-0.05, 0) is 69.9 Å². The van der Waals surface area contributed by atoms with Gasteiger partial charge in [-0.1, -0.05) is 58.7 Å². The van der Waals surface area contributed by atoms with Crippen molar-refractivity contribution >= 4 is 11.8 Å². The molecule has 0 aliphatic carbocycles. The predicted octanol–water partition coefficient (Wildman–Crippen LogP) is 9.42. The molecule has 0 aliphatic rings. The first-order chi connectivity index (χ1) is 15.7. The van der Waals surface area contributed by atoms with Crippen LogP contribution in [0.2, 0.25) is 0 Å². The molecule has 0 aliphatic heterocycles. The van der Waals surface area contributed by atoms with Crippen LogP contribution in [0.1, 0.15) is 56.2 Å². The van der Waals surface area contributed by atoms with E-state index < -0.39 is 23.5 Å². The van der Waals surface area contributed by atoms with Crippen LogP contribution in [0.3, 0.4) is 0 Å². The standard InChI is InChI=1S/C27H26F6S/c1-16-7-17(2)10-20(9-16)5-6-25(21-11-18(3)8-19(4)12-21)34-24-14-22(26(28,29)30)13-23(15-24)27(31,32)33/h7-15,25H,5-6H2,1-4H3. The van der Waals surface area contributed by atoms with Gasteiger partial charge in [-0.3, -0.25) is 0 Å². The summed E-state index contributed by atoms with van der Waals surface area (Å²) in [6.45, 7) is 7.84. The molecule has 0 heterocycles. The predicted molar refractivity (Wildman–Crippen MR) is 125 cm³/mol. The number of hydrogen-bond acceptors (Lipinski definition) is 1. The van der Waals surface area contributed by atoms with Crippen LogP contribution in [-0.4, -0.2) is 0 Å². The largest absolute Gasteiger partial charge is 0.416 e. The average molecular weight is 497 g/mol. The lowest BCUT2D eigenvalue weighted by Crippen LogP contribution is -2.11. The highest BCUT2D eigenvalue weighted by Gasteiger charge is 2.37. The SMILES string of the molecule is Cc1cc(C)cc(CCC(Sc2cc(C(F)(F)F)cc(C(F)(F)F)c2)c2cc(C)cc(C)c2)c1. The molecule has 3 rings (SSSR count). The van der Waals surface area contributed by atoms with E-state index in [0.29, 0.717) is 12.8 Å². The normalized spacial score (nSPS) is 13.2. The van der Waals surface area contributed by atoms with Crippen molar-refractivity contribution in [1.82, 2.24) is 0 Å². The van der Waals surface area contributed by atoms with Crippen LogP contribution in [-0.2, 0) is 18.8 Å². The monoisotopic (exact) mass is 496 g/mol. The van der Waals surface area contributed by atoms with Gasteiger partial charge in [0.05, 0.1) is 11.1 Å². The van der Waals surface area contributed by atoms with Crippen LogP contribution in [0.5, 0.6) is 0 Å². The van der Waals surface area contributed by atoms with Crippen molar-refractivity contribution in [2.24, 2.45) is 0 Å². The molecule has 7 heteroatoms. The summed E-state index contributed by atoms with van der Waals surface area (Å²) in [5.74, 6) is 0. The van der Waals surface area contributed by atoms with E-state index in [-0.39, 0.29) is 16.2 Å². The Morgan fingerprint density at radius 1 is 0.618 bits per heavy atom. The van der Waals surface area contributed by atoms with Crippen LogP contribution in [0.25, 0.3) is 0 Å². The summed E-state index contributed by atoms with van der Waals surface area (Å²) in [7, 11) is 0. The number of thioether (sulfide) groups is 1. The van der Waals surface area contributed by atoms with Crippen molar-refractivity contribution in [2.75, 3.05) is 0 Å². The Kier molecular flexibility index (Phi) is 7.75. The maximum absolute atomic E-state index is 13.4. The van der Waals surface area contributed by atoms with Gasteiger partial charge in [0, 0.05) is 10.1 Å². The summed E-state index contributed by atoms with van der Waals surface area (Å²) in [5.41, 5.74) is 3.60. The van der Waals surface area contributed by atoms with Crippen molar-refractivity contribution in [2.45, 2.75) is 63.0 Å². The minimum absolute atomic E-state index is 0.0493. The molecule has 0 fully saturated rings. The second-order valence-electron chi connectivity index (χ2n) is 8.80. The van der Waals surface area contributed by atoms with E-state index in [2.05, 4.69) is 18.2 Å².